The number of primary amides is 1. The topological polar surface area (TPSA) is 181 Å². The van der Waals surface area contributed by atoms with Crippen molar-refractivity contribution in [3.63, 3.8) is 0 Å². The molecule has 2 aromatic carbocycles. The maximum absolute atomic E-state index is 14.4. The highest BCUT2D eigenvalue weighted by atomic mass is 16.3. The van der Waals surface area contributed by atoms with Gasteiger partial charge in [0.15, 0.2) is 34.7 Å². The van der Waals surface area contributed by atoms with Crippen LogP contribution in [0.1, 0.15) is 80.9 Å². The molecule has 0 saturated heterocycles. The molecule has 0 spiro atoms. The molecular weight excluding hydrogens is 600 g/mol. The molecule has 2 aromatic rings. The van der Waals surface area contributed by atoms with Crippen LogP contribution in [0.5, 0.6) is 5.75 Å². The van der Waals surface area contributed by atoms with Gasteiger partial charge >= 0.3 is 0 Å². The molecule has 0 aliphatic heterocycles. The molecule has 0 aromatic heterocycles. The van der Waals surface area contributed by atoms with Gasteiger partial charge in [-0.15, -0.1) is 0 Å². The van der Waals surface area contributed by atoms with Crippen LogP contribution < -0.4 is 11.1 Å². The van der Waals surface area contributed by atoms with Gasteiger partial charge in [-0.05, 0) is 71.3 Å². The molecule has 10 nitrogen and oxygen atoms in total. The van der Waals surface area contributed by atoms with Crippen LogP contribution in [-0.4, -0.2) is 50.8 Å². The smallest absolute Gasteiger partial charge is 0.235 e. The van der Waals surface area contributed by atoms with E-state index in [0.717, 1.165) is 24.0 Å². The fraction of sp³-hybridized carbons (Fsp3) is 0.514. The number of phenols is 1. The Morgan fingerprint density at radius 3 is 2.23 bits per heavy atom. The zero-order valence-electron chi connectivity index (χ0n) is 27.4. The quantitative estimate of drug-likeness (QED) is 0.347. The molecule has 4 aliphatic carbocycles. The number of carbonyl (C=O) groups is 6. The lowest BCUT2D eigenvalue weighted by atomic mass is 9.49. The summed E-state index contributed by atoms with van der Waals surface area (Å²) in [7, 11) is 0. The molecule has 0 bridgehead atoms. The van der Waals surface area contributed by atoms with Gasteiger partial charge < -0.3 is 21.3 Å². The van der Waals surface area contributed by atoms with E-state index in [0.29, 0.717) is 16.7 Å². The first kappa shape index (κ1) is 32.7. The molecule has 3 saturated carbocycles. The number of carbonyl (C=O) groups excluding carboxylic acids is 6. The van der Waals surface area contributed by atoms with Crippen LogP contribution in [-0.2, 0) is 42.4 Å². The largest absolute Gasteiger partial charge is 0.507 e. The van der Waals surface area contributed by atoms with E-state index in [1.165, 1.54) is 0 Å². The third-order valence-electron chi connectivity index (χ3n) is 10.9. The van der Waals surface area contributed by atoms with E-state index < -0.39 is 70.1 Å². The fourth-order valence-corrected chi connectivity index (χ4v) is 8.19. The van der Waals surface area contributed by atoms with Crippen molar-refractivity contribution in [1.82, 2.24) is 5.32 Å². The number of aromatic hydroxyl groups is 1. The Hall–Kier alpha value is -4.18. The summed E-state index contributed by atoms with van der Waals surface area (Å²) in [6.45, 7) is 9.69. The van der Waals surface area contributed by atoms with Crippen LogP contribution in [0.3, 0.4) is 0 Å². The maximum Gasteiger partial charge on any atom is 0.235 e. The van der Waals surface area contributed by atoms with Crippen molar-refractivity contribution in [2.45, 2.75) is 77.9 Å². The first-order valence-electron chi connectivity index (χ1n) is 16.4. The Kier molecular flexibility index (Phi) is 7.82. The second-order valence-electron chi connectivity index (χ2n) is 15.3. The van der Waals surface area contributed by atoms with Gasteiger partial charge in [0.1, 0.15) is 5.75 Å². The molecule has 0 radical (unpaired) electrons. The van der Waals surface area contributed by atoms with Crippen LogP contribution >= 0.6 is 0 Å². The Labute approximate surface area is 273 Å². The zero-order chi connectivity index (χ0) is 34.3. The molecule has 6 rings (SSSR count). The number of aliphatic hydroxyl groups is 1. The standard InChI is InChI=1S/C37H42N2O8/c1-16(2)25-24-14-19-12-23-22(17-8-10-21(11-9-17)36(3,4)5)13-20(15-39-35(46)18-6-7-18)29(40)27(23)31(42)26(19)32(43)37(24,47)33(44)28(30(25)41)34(38)45/h8-11,13,16,18-19,24-26,28,40,47H,6-7,12,14-15H2,1-5H3,(H2,38,45)(H,39,46)/t19-,24-,25-,26?,28?,37-/m0/s1. The van der Waals surface area contributed by atoms with Crippen LogP contribution in [0.15, 0.2) is 30.3 Å². The van der Waals surface area contributed by atoms with E-state index in [9.17, 15) is 39.0 Å². The zero-order valence-corrected chi connectivity index (χ0v) is 27.4. The lowest BCUT2D eigenvalue weighted by Crippen LogP contribution is -2.71. The van der Waals surface area contributed by atoms with E-state index in [2.05, 4.69) is 26.1 Å². The van der Waals surface area contributed by atoms with Gasteiger partial charge in [0.25, 0.3) is 0 Å². The lowest BCUT2D eigenvalue weighted by molar-refractivity contribution is -0.182. The van der Waals surface area contributed by atoms with Gasteiger partial charge in [-0.1, -0.05) is 58.9 Å². The minimum absolute atomic E-state index is 0.00621. The number of Topliss-reactive ketones (excluding diaryl/α,β-unsaturated/α-hetero) is 4. The molecule has 2 unspecified atom stereocenters. The van der Waals surface area contributed by atoms with Crippen LogP contribution in [0, 0.1) is 41.4 Å². The Balaban J connectivity index is 1.48. The number of nitrogens with two attached hydrogens (primary N) is 1. The highest BCUT2D eigenvalue weighted by molar-refractivity contribution is 6.32. The van der Waals surface area contributed by atoms with Crippen molar-refractivity contribution in [3.8, 4) is 16.9 Å². The molecule has 5 N–H and O–H groups in total. The van der Waals surface area contributed by atoms with Gasteiger partial charge in [0.2, 0.25) is 11.8 Å². The minimum atomic E-state index is -2.76. The molecule has 0 heterocycles. The van der Waals surface area contributed by atoms with E-state index in [1.54, 1.807) is 19.9 Å². The number of fused-ring (bicyclic) bond motifs is 3. The number of hydrogen-bond acceptors (Lipinski definition) is 8. The van der Waals surface area contributed by atoms with Crippen molar-refractivity contribution < 1.29 is 39.0 Å². The second-order valence-corrected chi connectivity index (χ2v) is 15.3. The first-order chi connectivity index (χ1) is 22.0. The Bertz CT molecular complexity index is 1730. The third-order valence-corrected chi connectivity index (χ3v) is 10.9. The van der Waals surface area contributed by atoms with Gasteiger partial charge in [-0.2, -0.15) is 0 Å². The van der Waals surface area contributed by atoms with Gasteiger partial charge in [-0.3, -0.25) is 28.8 Å². The molecular formula is C37H42N2O8. The third kappa shape index (κ3) is 5.12. The summed E-state index contributed by atoms with van der Waals surface area (Å²) in [6.07, 6.45) is 1.75. The first-order valence-corrected chi connectivity index (χ1v) is 16.4. The van der Waals surface area contributed by atoms with Gasteiger partial charge in [-0.25, -0.2) is 0 Å². The van der Waals surface area contributed by atoms with Gasteiger partial charge in [0.05, 0.1) is 11.5 Å². The lowest BCUT2D eigenvalue weighted by Gasteiger charge is -2.52. The van der Waals surface area contributed by atoms with Crippen molar-refractivity contribution in [2.75, 3.05) is 0 Å². The number of benzene rings is 2. The molecule has 10 heteroatoms. The van der Waals surface area contributed by atoms with Crippen molar-refractivity contribution in [1.29, 1.82) is 0 Å². The Morgan fingerprint density at radius 1 is 1.04 bits per heavy atom. The monoisotopic (exact) mass is 642 g/mol. The summed E-state index contributed by atoms with van der Waals surface area (Å²) in [5, 5.41) is 26.3. The van der Waals surface area contributed by atoms with Gasteiger partial charge in [0, 0.05) is 29.9 Å². The van der Waals surface area contributed by atoms with Crippen LogP contribution in [0.2, 0.25) is 0 Å². The highest BCUT2D eigenvalue weighted by Crippen LogP contribution is 2.54. The normalized spacial score (nSPS) is 28.9. The van der Waals surface area contributed by atoms with E-state index in [-0.39, 0.29) is 47.9 Å². The summed E-state index contributed by atoms with van der Waals surface area (Å²) in [4.78, 5) is 80.6. The average Bonchev–Trinajstić information content (AvgIpc) is 3.84. The van der Waals surface area contributed by atoms with Crippen molar-refractivity contribution >= 4 is 34.9 Å². The fourth-order valence-electron chi connectivity index (χ4n) is 8.19. The summed E-state index contributed by atoms with van der Waals surface area (Å²) in [5.74, 6) is -12.4. The maximum atomic E-state index is 14.4. The van der Waals surface area contributed by atoms with Crippen molar-refractivity contribution in [3.05, 3.63) is 52.6 Å². The number of amides is 2. The van der Waals surface area contributed by atoms with E-state index in [4.69, 9.17) is 5.73 Å². The van der Waals surface area contributed by atoms with E-state index in [1.807, 2.05) is 24.3 Å². The highest BCUT2D eigenvalue weighted by Gasteiger charge is 2.69. The second kappa shape index (κ2) is 11.2. The summed E-state index contributed by atoms with van der Waals surface area (Å²) < 4.78 is 0. The molecule has 47 heavy (non-hydrogen) atoms. The molecule has 4 aliphatic rings. The number of nitrogens with one attached hydrogen (secondary N) is 1. The van der Waals surface area contributed by atoms with Crippen LogP contribution in [0.25, 0.3) is 11.1 Å². The van der Waals surface area contributed by atoms with E-state index >= 15 is 0 Å². The van der Waals surface area contributed by atoms with Crippen LogP contribution in [0.4, 0.5) is 0 Å². The number of phenolic OH excluding ortho intramolecular Hbond substituents is 1. The van der Waals surface area contributed by atoms with Crippen molar-refractivity contribution in [2.24, 2.45) is 47.2 Å². The summed E-state index contributed by atoms with van der Waals surface area (Å²) >= 11 is 0. The molecule has 248 valence electrons. The number of ketones is 4. The number of hydrogen-bond donors (Lipinski definition) is 4. The summed E-state index contributed by atoms with van der Waals surface area (Å²) in [6, 6.07) is 9.66. The molecule has 6 atom stereocenters. The minimum Gasteiger partial charge on any atom is -0.507 e. The summed E-state index contributed by atoms with van der Waals surface area (Å²) in [5.41, 5.74) is 5.86. The predicted molar refractivity (Wildman–Crippen MR) is 171 cm³/mol. The average molecular weight is 643 g/mol. The Morgan fingerprint density at radius 2 is 1.68 bits per heavy atom. The molecule has 2 amide bonds. The number of rotatable bonds is 6. The predicted octanol–water partition coefficient (Wildman–Crippen LogP) is 3.20. The SMILES string of the molecule is CC(C)[C@@H]1C(=O)C(C(N)=O)C(=O)[C@@]2(O)C(=O)C3C(=O)c4c(O)c(CNC(=O)C5CC5)cc(-c5ccc(C(C)(C)C)cc5)c4C[C@H]3C[C@@H]12. The molecule has 3 fully saturated rings.